The van der Waals surface area contributed by atoms with Crippen LogP contribution in [0.2, 0.25) is 5.02 Å². The van der Waals surface area contributed by atoms with Gasteiger partial charge in [0.15, 0.2) is 5.82 Å². The van der Waals surface area contributed by atoms with E-state index in [1.807, 2.05) is 55.4 Å². The van der Waals surface area contributed by atoms with Crippen molar-refractivity contribution < 1.29 is 9.90 Å². The maximum Gasteiger partial charge on any atom is 0.214 e. The van der Waals surface area contributed by atoms with Gasteiger partial charge in [-0.25, -0.2) is 0 Å². The van der Waals surface area contributed by atoms with Crippen molar-refractivity contribution in [2.24, 2.45) is 0 Å². The summed E-state index contributed by atoms with van der Waals surface area (Å²) < 4.78 is 0. The third-order valence-corrected chi connectivity index (χ3v) is 6.22. The van der Waals surface area contributed by atoms with Gasteiger partial charge in [-0.05, 0) is 37.9 Å². The number of likely N-dealkylation sites (N-methyl/N-ethyl adjacent to an activating group) is 1. The maximum atomic E-state index is 11.6. The first kappa shape index (κ1) is 23.9. The number of piperazine rings is 1. The Morgan fingerprint density at radius 2 is 1.82 bits per heavy atom. The van der Waals surface area contributed by atoms with Gasteiger partial charge in [0.1, 0.15) is 5.75 Å². The van der Waals surface area contributed by atoms with E-state index in [1.54, 1.807) is 17.2 Å². The Hall–Kier alpha value is -3.20. The molecule has 1 aliphatic heterocycles. The fourth-order valence-corrected chi connectivity index (χ4v) is 4.29. The van der Waals surface area contributed by atoms with Gasteiger partial charge in [0, 0.05) is 56.0 Å². The highest BCUT2D eigenvalue weighted by atomic mass is 35.5. The van der Waals surface area contributed by atoms with Crippen molar-refractivity contribution in [2.75, 3.05) is 63.2 Å². The Bertz CT molecular complexity index is 1150. The lowest BCUT2D eigenvalue weighted by atomic mass is 9.98. The van der Waals surface area contributed by atoms with E-state index in [1.165, 1.54) is 0 Å². The predicted octanol–water partition coefficient (Wildman–Crippen LogP) is 3.10. The summed E-state index contributed by atoms with van der Waals surface area (Å²) in [6.07, 6.45) is 2.45. The van der Waals surface area contributed by atoms with E-state index >= 15 is 0 Å². The normalized spacial score (nSPS) is 13.8. The summed E-state index contributed by atoms with van der Waals surface area (Å²) in [6, 6.07) is 13.0. The van der Waals surface area contributed by atoms with E-state index in [4.69, 9.17) is 11.6 Å². The SMILES string of the molecule is CN(C)CCN(C=O)c1ccc(-c2cccc(-c3cnnc(N4CCNCC4)c3)c2O)cc1Cl. The molecule has 8 nitrogen and oxygen atoms in total. The van der Waals surface area contributed by atoms with Crippen LogP contribution in [0.1, 0.15) is 0 Å². The number of phenolic OH excluding ortho intramolecular Hbond substituents is 1. The molecule has 1 amide bonds. The number of anilines is 2. The fourth-order valence-electron chi connectivity index (χ4n) is 4.01. The molecule has 4 rings (SSSR count). The Kier molecular flexibility index (Phi) is 7.62. The van der Waals surface area contributed by atoms with Crippen LogP contribution < -0.4 is 15.1 Å². The van der Waals surface area contributed by atoms with Gasteiger partial charge in [-0.15, -0.1) is 5.10 Å². The van der Waals surface area contributed by atoms with Crippen LogP contribution >= 0.6 is 11.6 Å². The highest BCUT2D eigenvalue weighted by molar-refractivity contribution is 6.34. The lowest BCUT2D eigenvalue weighted by molar-refractivity contribution is -0.107. The Labute approximate surface area is 204 Å². The van der Waals surface area contributed by atoms with Crippen LogP contribution in [0.3, 0.4) is 0 Å². The lowest BCUT2D eigenvalue weighted by Crippen LogP contribution is -2.43. The van der Waals surface area contributed by atoms with Gasteiger partial charge in [-0.3, -0.25) is 4.79 Å². The first-order valence-corrected chi connectivity index (χ1v) is 11.6. The van der Waals surface area contributed by atoms with E-state index in [0.717, 1.165) is 56.1 Å². The number of nitrogens with one attached hydrogen (secondary N) is 1. The van der Waals surface area contributed by atoms with E-state index < -0.39 is 0 Å². The van der Waals surface area contributed by atoms with Crippen molar-refractivity contribution in [1.29, 1.82) is 0 Å². The molecule has 2 heterocycles. The van der Waals surface area contributed by atoms with E-state index in [9.17, 15) is 9.90 Å². The molecule has 2 aromatic carbocycles. The number of benzene rings is 2. The molecule has 3 aromatic rings. The van der Waals surface area contributed by atoms with Crippen LogP contribution in [0.15, 0.2) is 48.7 Å². The van der Waals surface area contributed by atoms with Gasteiger partial charge < -0.3 is 25.1 Å². The second kappa shape index (κ2) is 10.8. The summed E-state index contributed by atoms with van der Waals surface area (Å²) in [5.74, 6) is 0.938. The summed E-state index contributed by atoms with van der Waals surface area (Å²) in [4.78, 5) is 17.4. The van der Waals surface area contributed by atoms with Crippen LogP contribution in [0, 0.1) is 0 Å². The minimum absolute atomic E-state index is 0.144. The molecular weight excluding hydrogens is 452 g/mol. The molecule has 0 unspecified atom stereocenters. The maximum absolute atomic E-state index is 11.6. The average Bonchev–Trinajstić information content (AvgIpc) is 2.86. The molecule has 2 N–H and O–H groups in total. The molecule has 0 radical (unpaired) electrons. The Balaban J connectivity index is 1.64. The molecule has 0 saturated carbocycles. The highest BCUT2D eigenvalue weighted by Crippen LogP contribution is 2.40. The molecule has 1 fully saturated rings. The summed E-state index contributed by atoms with van der Waals surface area (Å²) in [6.45, 7) is 4.78. The molecule has 9 heteroatoms. The van der Waals surface area contributed by atoms with Crippen molar-refractivity contribution in [1.82, 2.24) is 20.4 Å². The van der Waals surface area contributed by atoms with E-state index in [0.29, 0.717) is 28.4 Å². The molecule has 0 spiro atoms. The van der Waals surface area contributed by atoms with Crippen LogP contribution in [0.5, 0.6) is 5.75 Å². The standard InChI is InChI=1S/C25H29ClN6O2/c1-30(2)12-13-32(17-33)23-7-6-18(14-22(23)26)20-4-3-5-21(25(20)34)19-15-24(29-28-16-19)31-10-8-27-9-11-31/h3-7,14-17,27,34H,8-13H2,1-2H3. The first-order valence-electron chi connectivity index (χ1n) is 11.3. The average molecular weight is 481 g/mol. The number of nitrogens with zero attached hydrogens (tertiary/aromatic N) is 5. The second-order valence-electron chi connectivity index (χ2n) is 8.51. The minimum Gasteiger partial charge on any atom is -0.507 e. The van der Waals surface area contributed by atoms with E-state index in [-0.39, 0.29) is 5.75 Å². The predicted molar refractivity (Wildman–Crippen MR) is 137 cm³/mol. The number of aromatic hydroxyl groups is 1. The monoisotopic (exact) mass is 480 g/mol. The summed E-state index contributed by atoms with van der Waals surface area (Å²) in [5.41, 5.74) is 3.51. The molecule has 1 saturated heterocycles. The quantitative estimate of drug-likeness (QED) is 0.479. The number of rotatable bonds is 8. The lowest BCUT2D eigenvalue weighted by Gasteiger charge is -2.28. The smallest absolute Gasteiger partial charge is 0.214 e. The van der Waals surface area contributed by atoms with Crippen molar-refractivity contribution in [2.45, 2.75) is 0 Å². The zero-order chi connectivity index (χ0) is 24.1. The molecule has 178 valence electrons. The van der Waals surface area contributed by atoms with Crippen LogP contribution in [0.25, 0.3) is 22.3 Å². The van der Waals surface area contributed by atoms with Crippen LogP contribution in [-0.2, 0) is 4.79 Å². The third kappa shape index (κ3) is 5.30. The molecule has 1 aliphatic rings. The largest absolute Gasteiger partial charge is 0.507 e. The summed E-state index contributed by atoms with van der Waals surface area (Å²) >= 11 is 6.56. The van der Waals surface area contributed by atoms with Gasteiger partial charge in [0.25, 0.3) is 0 Å². The van der Waals surface area contributed by atoms with Gasteiger partial charge in [0.2, 0.25) is 6.41 Å². The molecule has 0 bridgehead atoms. The Morgan fingerprint density at radius 3 is 2.50 bits per heavy atom. The number of para-hydroxylation sites is 1. The van der Waals surface area contributed by atoms with Crippen molar-refractivity contribution in [3.05, 3.63) is 53.7 Å². The molecule has 34 heavy (non-hydrogen) atoms. The first-order chi connectivity index (χ1) is 16.5. The molecule has 0 aliphatic carbocycles. The zero-order valence-electron chi connectivity index (χ0n) is 19.4. The highest BCUT2D eigenvalue weighted by Gasteiger charge is 2.17. The van der Waals surface area contributed by atoms with Gasteiger partial charge >= 0.3 is 0 Å². The number of carbonyl (C=O) groups excluding carboxylic acids is 1. The molecular formula is C25H29ClN6O2. The van der Waals surface area contributed by atoms with E-state index in [2.05, 4.69) is 20.4 Å². The van der Waals surface area contributed by atoms with Gasteiger partial charge in [-0.1, -0.05) is 35.9 Å². The van der Waals surface area contributed by atoms with Gasteiger partial charge in [-0.2, -0.15) is 5.10 Å². The topological polar surface area (TPSA) is 84.8 Å². The van der Waals surface area contributed by atoms with Crippen LogP contribution in [0.4, 0.5) is 11.5 Å². The number of amides is 1. The van der Waals surface area contributed by atoms with Crippen LogP contribution in [-0.4, -0.2) is 80.0 Å². The number of aromatic nitrogens is 2. The summed E-state index contributed by atoms with van der Waals surface area (Å²) in [5, 5.41) is 23.4. The number of halogens is 1. The number of hydrogen-bond donors (Lipinski definition) is 2. The summed E-state index contributed by atoms with van der Waals surface area (Å²) in [7, 11) is 3.91. The zero-order valence-corrected chi connectivity index (χ0v) is 20.2. The van der Waals surface area contributed by atoms with Crippen molar-refractivity contribution in [3.8, 4) is 28.0 Å². The third-order valence-electron chi connectivity index (χ3n) is 5.91. The number of hydrogen-bond acceptors (Lipinski definition) is 7. The van der Waals surface area contributed by atoms with Crippen molar-refractivity contribution >= 4 is 29.5 Å². The Morgan fingerprint density at radius 1 is 1.09 bits per heavy atom. The fraction of sp³-hybridized carbons (Fsp3) is 0.320. The van der Waals surface area contributed by atoms with Crippen molar-refractivity contribution in [3.63, 3.8) is 0 Å². The number of phenols is 1. The number of carbonyl (C=O) groups is 1. The molecule has 0 atom stereocenters. The van der Waals surface area contributed by atoms with Gasteiger partial charge in [0.05, 0.1) is 16.9 Å². The molecule has 1 aromatic heterocycles. The second-order valence-corrected chi connectivity index (χ2v) is 8.92. The minimum atomic E-state index is 0.144.